The summed E-state index contributed by atoms with van der Waals surface area (Å²) >= 11 is 0. The minimum Gasteiger partial charge on any atom is -0.493 e. The monoisotopic (exact) mass is 554 g/mol. The zero-order valence-electron chi connectivity index (χ0n) is 19.5. The molecule has 0 spiro atoms. The first-order valence-electron chi connectivity index (χ1n) is 10.9. The Morgan fingerprint density at radius 1 is 0.811 bits per heavy atom. The molecule has 0 aromatic heterocycles. The van der Waals surface area contributed by atoms with Gasteiger partial charge in [0.25, 0.3) is 0 Å². The summed E-state index contributed by atoms with van der Waals surface area (Å²) in [4.78, 5) is 0. The molecule has 0 radical (unpaired) electrons. The van der Waals surface area contributed by atoms with Crippen LogP contribution in [0.25, 0.3) is 0 Å². The molecule has 14 heteroatoms. The lowest BCUT2D eigenvalue weighted by Crippen LogP contribution is -2.25. The van der Waals surface area contributed by atoms with Crippen molar-refractivity contribution in [3.8, 4) is 11.5 Å². The van der Waals surface area contributed by atoms with Gasteiger partial charge in [0, 0.05) is 17.5 Å². The van der Waals surface area contributed by atoms with E-state index in [4.69, 9.17) is 14.9 Å². The van der Waals surface area contributed by atoms with Crippen LogP contribution in [0.4, 0.5) is 26.3 Å². The van der Waals surface area contributed by atoms with Crippen molar-refractivity contribution in [2.45, 2.75) is 38.5 Å². The molecule has 0 bridgehead atoms. The molecule has 0 fully saturated rings. The minimum absolute atomic E-state index is 0.120. The van der Waals surface area contributed by atoms with Gasteiger partial charge in [-0.3, -0.25) is 9.69 Å². The zero-order chi connectivity index (χ0) is 27.7. The first kappa shape index (κ1) is 29.9. The van der Waals surface area contributed by atoms with E-state index in [1.54, 1.807) is 6.92 Å². The Bertz CT molecular complexity index is 1160. The topological polar surface area (TPSA) is 98.0 Å². The predicted octanol–water partition coefficient (Wildman–Crippen LogP) is 5.88. The van der Waals surface area contributed by atoms with E-state index in [1.165, 1.54) is 24.3 Å². The molecular weight excluding hydrogens is 530 g/mol. The Kier molecular flexibility index (Phi) is 10.3. The smallest absolute Gasteiger partial charge is 0.437 e. The molecule has 2 aromatic carbocycles. The van der Waals surface area contributed by atoms with Gasteiger partial charge in [-0.25, -0.2) is 0 Å². The Morgan fingerprint density at radius 3 is 1.73 bits per heavy atom. The fourth-order valence-electron chi connectivity index (χ4n) is 2.75. The van der Waals surface area contributed by atoms with Crippen LogP contribution in [0.15, 0.2) is 53.7 Å². The van der Waals surface area contributed by atoms with E-state index >= 15 is 0 Å². The van der Waals surface area contributed by atoms with Crippen LogP contribution in [0.1, 0.15) is 37.3 Å². The van der Waals surface area contributed by atoms with Gasteiger partial charge in [-0.2, -0.15) is 34.8 Å². The molecule has 2 rings (SSSR count). The lowest BCUT2D eigenvalue weighted by atomic mass is 10.1. The van der Waals surface area contributed by atoms with E-state index in [2.05, 4.69) is 9.44 Å². The summed E-state index contributed by atoms with van der Waals surface area (Å²) in [5.41, 5.74) is -3.69. The van der Waals surface area contributed by atoms with E-state index in [0.29, 0.717) is 18.6 Å². The number of hydrogen-bond donors (Lipinski definition) is 1. The third-order valence-electron chi connectivity index (χ3n) is 4.64. The average Bonchev–Trinajstić information content (AvgIpc) is 2.82. The molecule has 204 valence electrons. The van der Waals surface area contributed by atoms with Crippen LogP contribution in [0.5, 0.6) is 11.5 Å². The molecule has 0 unspecified atom stereocenters. The lowest BCUT2D eigenvalue weighted by Gasteiger charge is -2.12. The summed E-state index contributed by atoms with van der Waals surface area (Å²) in [7, 11) is -4.24. The van der Waals surface area contributed by atoms with Gasteiger partial charge in [-0.1, -0.05) is 18.5 Å². The van der Waals surface area contributed by atoms with Gasteiger partial charge in [0.15, 0.2) is 5.71 Å². The van der Waals surface area contributed by atoms with E-state index in [1.807, 2.05) is 0 Å². The SMILES string of the molecule is CCCCS(=O)(=O)O/N=C(/c1ccc(OCCCOc2ccc(C(=N)C(F)(F)F)cc2)cc1)C(F)(F)F. The van der Waals surface area contributed by atoms with Gasteiger partial charge in [-0.05, 0) is 55.0 Å². The number of nitrogens with one attached hydrogen (secondary N) is 1. The molecule has 0 aliphatic heterocycles. The van der Waals surface area contributed by atoms with Crippen LogP contribution in [-0.2, 0) is 14.4 Å². The van der Waals surface area contributed by atoms with Crippen LogP contribution < -0.4 is 9.47 Å². The summed E-state index contributed by atoms with van der Waals surface area (Å²) in [6.45, 7) is 1.98. The number of oxime groups is 1. The average molecular weight is 555 g/mol. The number of nitrogens with zero attached hydrogens (tertiary/aromatic N) is 1. The highest BCUT2D eigenvalue weighted by Gasteiger charge is 2.38. The number of hydrogen-bond acceptors (Lipinski definition) is 7. The molecule has 0 saturated carbocycles. The normalized spacial score (nSPS) is 12.8. The summed E-state index contributed by atoms with van der Waals surface area (Å²) < 4.78 is 116. The van der Waals surface area contributed by atoms with Crippen LogP contribution >= 0.6 is 0 Å². The highest BCUT2D eigenvalue weighted by atomic mass is 32.2. The van der Waals surface area contributed by atoms with Crippen molar-refractivity contribution in [3.63, 3.8) is 0 Å². The van der Waals surface area contributed by atoms with Crippen molar-refractivity contribution in [1.82, 2.24) is 0 Å². The Balaban J connectivity index is 1.88. The summed E-state index contributed by atoms with van der Waals surface area (Å²) in [5, 5.41) is 9.93. The molecule has 0 amide bonds. The molecule has 0 atom stereocenters. The van der Waals surface area contributed by atoms with Crippen LogP contribution in [-0.4, -0.2) is 51.2 Å². The number of alkyl halides is 6. The molecule has 7 nitrogen and oxygen atoms in total. The number of ether oxygens (including phenoxy) is 2. The Morgan fingerprint density at radius 2 is 1.30 bits per heavy atom. The van der Waals surface area contributed by atoms with Crippen molar-refractivity contribution >= 4 is 21.5 Å². The third-order valence-corrected chi connectivity index (χ3v) is 5.73. The number of halogens is 6. The predicted molar refractivity (Wildman–Crippen MR) is 124 cm³/mol. The Hall–Kier alpha value is -3.29. The van der Waals surface area contributed by atoms with Gasteiger partial charge in [-0.15, -0.1) is 0 Å². The van der Waals surface area contributed by atoms with Crippen molar-refractivity contribution in [3.05, 3.63) is 59.7 Å². The lowest BCUT2D eigenvalue weighted by molar-refractivity contribution is -0.0602. The van der Waals surface area contributed by atoms with Gasteiger partial charge >= 0.3 is 22.5 Å². The molecule has 0 aliphatic rings. The zero-order valence-corrected chi connectivity index (χ0v) is 20.3. The summed E-state index contributed by atoms with van der Waals surface area (Å²) in [6.07, 6.45) is -8.64. The fourth-order valence-corrected chi connectivity index (χ4v) is 3.65. The molecule has 1 N–H and O–H groups in total. The molecular formula is C23H24F6N2O5S. The second kappa shape index (κ2) is 12.8. The highest BCUT2D eigenvalue weighted by Crippen LogP contribution is 2.25. The van der Waals surface area contributed by atoms with Crippen molar-refractivity contribution in [2.24, 2.45) is 5.16 Å². The molecule has 0 saturated heterocycles. The largest absolute Gasteiger partial charge is 0.493 e. The first-order valence-corrected chi connectivity index (χ1v) is 12.5. The maximum absolute atomic E-state index is 13.4. The summed E-state index contributed by atoms with van der Waals surface area (Å²) in [5.74, 6) is 0.0700. The number of rotatable bonds is 13. The Labute approximate surface area is 209 Å². The summed E-state index contributed by atoms with van der Waals surface area (Å²) in [6, 6.07) is 9.44. The molecule has 37 heavy (non-hydrogen) atoms. The van der Waals surface area contributed by atoms with E-state index in [-0.39, 0.29) is 30.9 Å². The number of benzene rings is 2. The molecule has 0 aliphatic carbocycles. The van der Waals surface area contributed by atoms with Crippen molar-refractivity contribution in [1.29, 1.82) is 5.41 Å². The van der Waals surface area contributed by atoms with Gasteiger partial charge in [0.2, 0.25) is 0 Å². The van der Waals surface area contributed by atoms with Crippen molar-refractivity contribution in [2.75, 3.05) is 19.0 Å². The molecule has 2 aromatic rings. The second-order valence-electron chi connectivity index (χ2n) is 7.60. The van der Waals surface area contributed by atoms with E-state index in [0.717, 1.165) is 24.3 Å². The van der Waals surface area contributed by atoms with Crippen molar-refractivity contribution < 1.29 is 48.5 Å². The second-order valence-corrected chi connectivity index (χ2v) is 9.27. The number of unbranched alkanes of at least 4 members (excludes halogenated alkanes) is 1. The van der Waals surface area contributed by atoms with E-state index in [9.17, 15) is 34.8 Å². The van der Waals surface area contributed by atoms with Gasteiger partial charge in [0.1, 0.15) is 17.2 Å². The van der Waals surface area contributed by atoms with Crippen LogP contribution in [0.3, 0.4) is 0 Å². The molecule has 0 heterocycles. The highest BCUT2D eigenvalue weighted by molar-refractivity contribution is 7.86. The maximum atomic E-state index is 13.4. The third kappa shape index (κ3) is 9.94. The van der Waals surface area contributed by atoms with Crippen LogP contribution in [0.2, 0.25) is 0 Å². The quantitative estimate of drug-likeness (QED) is 0.144. The standard InChI is InChI=1S/C23H24F6N2O5S/c1-2-3-15-37(32,33)36-31-21(23(27,28)29)17-7-11-19(12-8-17)35-14-4-13-34-18-9-5-16(6-10-18)20(30)22(24,25)26/h5-12,30H,2-4,13-15H2,1H3/b30-20?,31-21-. The van der Waals surface area contributed by atoms with Crippen LogP contribution in [0, 0.1) is 5.41 Å². The minimum atomic E-state index is -4.97. The van der Waals surface area contributed by atoms with Gasteiger partial charge in [0.05, 0.1) is 19.0 Å². The first-order chi connectivity index (χ1) is 17.2. The van der Waals surface area contributed by atoms with Gasteiger partial charge < -0.3 is 9.47 Å². The maximum Gasteiger partial charge on any atom is 0.437 e. The van der Waals surface area contributed by atoms with E-state index < -0.39 is 45.2 Å². The fraction of sp³-hybridized carbons (Fsp3) is 0.391.